The number of nitrogens with two attached hydrogens (primary N) is 1. The maximum atomic E-state index is 13.2. The highest BCUT2D eigenvalue weighted by molar-refractivity contribution is 5.97. The molecule has 0 aliphatic carbocycles. The fraction of sp³-hybridized carbons (Fsp3) is 0.273. The summed E-state index contributed by atoms with van der Waals surface area (Å²) in [7, 11) is 0. The minimum Gasteiger partial charge on any atom is -0.384 e. The number of nitrogen functional groups attached to an aromatic ring is 1. The van der Waals surface area contributed by atoms with E-state index in [-0.39, 0.29) is 17.4 Å². The Balaban J connectivity index is 2.75. The number of amides is 2. The summed E-state index contributed by atoms with van der Waals surface area (Å²) in [4.78, 5) is 11.3. The van der Waals surface area contributed by atoms with E-state index in [9.17, 15) is 9.18 Å². The van der Waals surface area contributed by atoms with Crippen LogP contribution >= 0.6 is 0 Å². The summed E-state index contributed by atoms with van der Waals surface area (Å²) < 4.78 is 13.2. The molecule has 1 rings (SSSR count). The second-order valence-electron chi connectivity index (χ2n) is 3.49. The second-order valence-corrected chi connectivity index (χ2v) is 3.49. The van der Waals surface area contributed by atoms with Crippen molar-refractivity contribution < 1.29 is 9.18 Å². The van der Waals surface area contributed by atoms with E-state index < -0.39 is 5.82 Å². The van der Waals surface area contributed by atoms with E-state index in [2.05, 4.69) is 10.6 Å². The van der Waals surface area contributed by atoms with Gasteiger partial charge in [0, 0.05) is 12.2 Å². The van der Waals surface area contributed by atoms with E-state index in [0.717, 1.165) is 12.5 Å². The molecule has 5 N–H and O–H groups in total. The van der Waals surface area contributed by atoms with Crippen LogP contribution in [0.2, 0.25) is 0 Å². The van der Waals surface area contributed by atoms with Crippen LogP contribution in [0.5, 0.6) is 0 Å². The first kappa shape index (κ1) is 13.0. The first-order chi connectivity index (χ1) is 8.04. The Bertz CT molecular complexity index is 433. The fourth-order valence-corrected chi connectivity index (χ4v) is 1.22. The highest BCUT2D eigenvalue weighted by atomic mass is 19.1. The second kappa shape index (κ2) is 5.83. The average molecular weight is 238 g/mol. The van der Waals surface area contributed by atoms with Gasteiger partial charge in [-0.2, -0.15) is 0 Å². The Morgan fingerprint density at radius 1 is 1.53 bits per heavy atom. The molecule has 0 aliphatic rings. The van der Waals surface area contributed by atoms with Crippen LogP contribution in [-0.4, -0.2) is 18.4 Å². The monoisotopic (exact) mass is 238 g/mol. The Hall–Kier alpha value is -2.11. The normalized spacial score (nSPS) is 9.76. The minimum atomic E-state index is -0.586. The summed E-state index contributed by atoms with van der Waals surface area (Å²) in [6.45, 7) is 2.50. The lowest BCUT2D eigenvalue weighted by Gasteiger charge is -2.08. The molecule has 0 fully saturated rings. The van der Waals surface area contributed by atoms with Gasteiger partial charge in [-0.25, -0.2) is 9.18 Å². The number of carbonyl (C=O) groups excluding carboxylic acids is 1. The van der Waals surface area contributed by atoms with Gasteiger partial charge in [0.1, 0.15) is 11.7 Å². The average Bonchev–Trinajstić information content (AvgIpc) is 2.28. The molecule has 17 heavy (non-hydrogen) atoms. The number of benzene rings is 1. The Kier molecular flexibility index (Phi) is 4.45. The van der Waals surface area contributed by atoms with Gasteiger partial charge in [-0.05, 0) is 24.6 Å². The zero-order valence-electron chi connectivity index (χ0n) is 9.51. The van der Waals surface area contributed by atoms with Gasteiger partial charge in [-0.15, -0.1) is 0 Å². The maximum absolute atomic E-state index is 13.2. The maximum Gasteiger partial charge on any atom is 0.319 e. The number of rotatable bonds is 4. The van der Waals surface area contributed by atoms with Crippen molar-refractivity contribution in [2.75, 3.05) is 11.9 Å². The molecule has 0 heterocycles. The molecule has 0 bridgehead atoms. The molecule has 5 nitrogen and oxygen atoms in total. The third-order valence-electron chi connectivity index (χ3n) is 2.05. The molecule has 0 spiro atoms. The zero-order chi connectivity index (χ0) is 12.8. The molecule has 0 atom stereocenters. The van der Waals surface area contributed by atoms with Crippen LogP contribution in [0.3, 0.4) is 0 Å². The number of hydrogen-bond donors (Lipinski definition) is 4. The molecule has 0 unspecified atom stereocenters. The van der Waals surface area contributed by atoms with E-state index in [1.54, 1.807) is 0 Å². The largest absolute Gasteiger partial charge is 0.384 e. The molecular formula is C11H15FN4O. The predicted octanol–water partition coefficient (Wildman–Crippen LogP) is 1.64. The van der Waals surface area contributed by atoms with Gasteiger partial charge in [0.05, 0.1) is 5.56 Å². The lowest BCUT2D eigenvalue weighted by molar-refractivity contribution is 0.252. The smallest absolute Gasteiger partial charge is 0.319 e. The summed E-state index contributed by atoms with van der Waals surface area (Å²) in [5.74, 6) is -0.961. The van der Waals surface area contributed by atoms with Gasteiger partial charge in [0.25, 0.3) is 0 Å². The lowest BCUT2D eigenvalue weighted by atomic mass is 10.1. The summed E-state index contributed by atoms with van der Waals surface area (Å²) in [6, 6.07) is 3.52. The number of halogens is 1. The van der Waals surface area contributed by atoms with E-state index >= 15 is 0 Å². The van der Waals surface area contributed by atoms with Crippen molar-refractivity contribution in [3.8, 4) is 0 Å². The third-order valence-corrected chi connectivity index (χ3v) is 2.05. The van der Waals surface area contributed by atoms with Gasteiger partial charge in [-0.3, -0.25) is 5.41 Å². The number of anilines is 1. The lowest BCUT2D eigenvalue weighted by Crippen LogP contribution is -2.29. The first-order valence-electron chi connectivity index (χ1n) is 5.23. The van der Waals surface area contributed by atoms with Crippen molar-refractivity contribution in [3.05, 3.63) is 29.6 Å². The summed E-state index contributed by atoms with van der Waals surface area (Å²) in [6.07, 6.45) is 0.829. The Morgan fingerprint density at radius 2 is 2.24 bits per heavy atom. The van der Waals surface area contributed by atoms with E-state index in [4.69, 9.17) is 11.1 Å². The summed E-state index contributed by atoms with van der Waals surface area (Å²) >= 11 is 0. The first-order valence-corrected chi connectivity index (χ1v) is 5.23. The number of urea groups is 1. The molecule has 6 heteroatoms. The van der Waals surface area contributed by atoms with Crippen molar-refractivity contribution in [1.29, 1.82) is 5.41 Å². The summed E-state index contributed by atoms with van der Waals surface area (Å²) in [5, 5.41) is 12.3. The van der Waals surface area contributed by atoms with Crippen molar-refractivity contribution in [2.24, 2.45) is 5.73 Å². The van der Waals surface area contributed by atoms with Crippen LogP contribution < -0.4 is 16.4 Å². The standard InChI is InChI=1S/C11H15FN4O/c1-2-5-15-11(17)16-7-3-4-9(12)8(6-7)10(13)14/h3-4,6H,2,5H2,1H3,(H3,13,14)(H2,15,16,17). The Morgan fingerprint density at radius 3 is 2.82 bits per heavy atom. The van der Waals surface area contributed by atoms with E-state index in [1.807, 2.05) is 6.92 Å². The molecule has 1 aromatic rings. The van der Waals surface area contributed by atoms with Crippen LogP contribution in [0, 0.1) is 11.2 Å². The van der Waals surface area contributed by atoms with E-state index in [0.29, 0.717) is 12.2 Å². The van der Waals surface area contributed by atoms with Crippen molar-refractivity contribution in [2.45, 2.75) is 13.3 Å². The number of hydrogen-bond acceptors (Lipinski definition) is 2. The van der Waals surface area contributed by atoms with Crippen LogP contribution in [0.15, 0.2) is 18.2 Å². The molecule has 0 saturated carbocycles. The van der Waals surface area contributed by atoms with Crippen molar-refractivity contribution >= 4 is 17.6 Å². The molecule has 0 saturated heterocycles. The highest BCUT2D eigenvalue weighted by Crippen LogP contribution is 2.14. The fourth-order valence-electron chi connectivity index (χ4n) is 1.22. The molecule has 0 aromatic heterocycles. The van der Waals surface area contributed by atoms with Gasteiger partial charge < -0.3 is 16.4 Å². The van der Waals surface area contributed by atoms with Crippen LogP contribution in [0.25, 0.3) is 0 Å². The number of amidine groups is 1. The number of nitrogens with one attached hydrogen (secondary N) is 3. The zero-order valence-corrected chi connectivity index (χ0v) is 9.51. The Labute approximate surface area is 98.7 Å². The van der Waals surface area contributed by atoms with Crippen molar-refractivity contribution in [1.82, 2.24) is 5.32 Å². The van der Waals surface area contributed by atoms with Crippen LogP contribution in [0.4, 0.5) is 14.9 Å². The highest BCUT2D eigenvalue weighted by Gasteiger charge is 2.07. The van der Waals surface area contributed by atoms with Gasteiger partial charge >= 0.3 is 6.03 Å². The summed E-state index contributed by atoms with van der Waals surface area (Å²) in [5.41, 5.74) is 5.57. The van der Waals surface area contributed by atoms with Gasteiger partial charge in [-0.1, -0.05) is 6.92 Å². The third kappa shape index (κ3) is 3.75. The molecular weight excluding hydrogens is 223 g/mol. The quantitative estimate of drug-likeness (QED) is 0.474. The molecule has 2 amide bonds. The van der Waals surface area contributed by atoms with Gasteiger partial charge in [0.2, 0.25) is 0 Å². The molecule has 0 radical (unpaired) electrons. The van der Waals surface area contributed by atoms with Crippen molar-refractivity contribution in [3.63, 3.8) is 0 Å². The predicted molar refractivity (Wildman–Crippen MR) is 64.7 cm³/mol. The minimum absolute atomic E-state index is 0.0294. The van der Waals surface area contributed by atoms with Gasteiger partial charge in [0.15, 0.2) is 0 Å². The van der Waals surface area contributed by atoms with Crippen LogP contribution in [-0.2, 0) is 0 Å². The topological polar surface area (TPSA) is 91.0 Å². The molecule has 92 valence electrons. The van der Waals surface area contributed by atoms with Crippen LogP contribution in [0.1, 0.15) is 18.9 Å². The SMILES string of the molecule is CCCNC(=O)Nc1ccc(F)c(C(=N)N)c1. The number of carbonyl (C=O) groups is 1. The molecule has 0 aliphatic heterocycles. The molecule has 1 aromatic carbocycles. The van der Waals surface area contributed by atoms with E-state index in [1.165, 1.54) is 12.1 Å².